The highest BCUT2D eigenvalue weighted by Crippen LogP contribution is 2.30. The van der Waals surface area contributed by atoms with E-state index in [1.54, 1.807) is 107 Å². The number of para-hydroxylation sites is 1. The summed E-state index contributed by atoms with van der Waals surface area (Å²) in [5, 5.41) is 15.1. The molecule has 5 heterocycles. The fourth-order valence-corrected chi connectivity index (χ4v) is 11.3. The van der Waals surface area contributed by atoms with Crippen LogP contribution in [0, 0.1) is 12.7 Å². The number of Topliss-reactive ketones (excluding diaryl/α,β-unsaturated/α-hetero) is 5. The maximum absolute atomic E-state index is 13.7. The number of likely N-dealkylation sites (N-methyl/N-ethyl adjacent to an activating group) is 5. The number of nitrogens with one attached hydrogen (secondary N) is 5. The summed E-state index contributed by atoms with van der Waals surface area (Å²) < 4.78 is 24.2. The molecule has 5 aromatic carbocycles. The van der Waals surface area contributed by atoms with Crippen LogP contribution in [-0.4, -0.2) is 134 Å². The number of nitrogens with zero attached hydrogens (tertiary/aromatic N) is 5. The van der Waals surface area contributed by atoms with Crippen LogP contribution in [0.5, 0.6) is 11.5 Å². The van der Waals surface area contributed by atoms with Crippen LogP contribution in [0.15, 0.2) is 213 Å². The molecule has 104 heavy (non-hydrogen) atoms. The summed E-state index contributed by atoms with van der Waals surface area (Å²) in [6, 6.07) is 57.7. The van der Waals surface area contributed by atoms with Crippen LogP contribution in [0.3, 0.4) is 0 Å². The number of hydrogen-bond acceptors (Lipinski definition) is 17. The lowest BCUT2D eigenvalue weighted by molar-refractivity contribution is -0.119. The molecule has 0 saturated heterocycles. The van der Waals surface area contributed by atoms with Crippen LogP contribution >= 0.6 is 0 Å². The van der Waals surface area contributed by atoms with E-state index in [4.69, 9.17) is 9.47 Å². The van der Waals surface area contributed by atoms with Crippen LogP contribution in [0.4, 0.5) is 4.39 Å². The summed E-state index contributed by atoms with van der Waals surface area (Å²) in [6.07, 6.45) is 12.3. The van der Waals surface area contributed by atoms with Crippen LogP contribution in [0.25, 0.3) is 56.3 Å². The van der Waals surface area contributed by atoms with Crippen molar-refractivity contribution < 1.29 is 37.8 Å². The van der Waals surface area contributed by atoms with Gasteiger partial charge >= 0.3 is 0 Å². The van der Waals surface area contributed by atoms with Crippen molar-refractivity contribution >= 4 is 28.9 Å². The number of carbonyl (C=O) groups is 5. The zero-order valence-electron chi connectivity index (χ0n) is 62.7. The molecule has 5 N–H and O–H groups in total. The minimum Gasteiger partial charge on any atom is -0.497 e. The molecule has 0 unspecified atom stereocenters. The van der Waals surface area contributed by atoms with E-state index >= 15 is 0 Å². The second kappa shape index (κ2) is 42.8. The van der Waals surface area contributed by atoms with Gasteiger partial charge in [0, 0.05) is 58.8 Å². The monoisotopic (exact) mass is 1400 g/mol. The van der Waals surface area contributed by atoms with Crippen molar-refractivity contribution in [3.8, 4) is 67.8 Å². The van der Waals surface area contributed by atoms with Gasteiger partial charge in [0.1, 0.15) is 46.2 Å². The third-order valence-corrected chi connectivity index (χ3v) is 17.6. The molecule has 0 bridgehead atoms. The van der Waals surface area contributed by atoms with Crippen molar-refractivity contribution in [1.29, 1.82) is 0 Å². The Labute approximate surface area is 613 Å². The molecule has 10 aromatic rings. The molecular weight excluding hydrogens is 1300 g/mol. The fraction of sp³-hybridized carbons (Fsp3) is 0.302. The Kier molecular flexibility index (Phi) is 34.0. The van der Waals surface area contributed by atoms with E-state index in [9.17, 15) is 28.4 Å². The molecule has 0 radical (unpaired) electrons. The normalized spacial score (nSPS) is 12.1. The summed E-state index contributed by atoms with van der Waals surface area (Å²) in [5.41, 5.74) is 16.7. The molecule has 0 aliphatic carbocycles. The maximum atomic E-state index is 13.7. The Balaban J connectivity index is 0.000000204. The Hall–Kier alpha value is -10.5. The van der Waals surface area contributed by atoms with Gasteiger partial charge in [-0.2, -0.15) is 0 Å². The third-order valence-electron chi connectivity index (χ3n) is 17.6. The SMILES string of the molecule is CN[C@@H](Cc1ccc(-c2cccc(C)c2)nc1)C(C)=O.CN[C@@H](Cc1ccc(-c2cccc(OC)c2)nc1)C(C)=O.CN[C@@H](Cc1ccc(-c2ccccc2C(C)C)nc1)C(C)=O.CN[C@@H](Cc1ccc(-c2ccccc2F)nc1)C(C)=O.CN[C@@H](Cc1ccc(-c2ccccc2OC)nc1)C(C)=O. The van der Waals surface area contributed by atoms with Gasteiger partial charge in [0.25, 0.3) is 0 Å². The van der Waals surface area contributed by atoms with Gasteiger partial charge in [-0.25, -0.2) is 4.39 Å². The van der Waals surface area contributed by atoms with Gasteiger partial charge in [0.15, 0.2) is 0 Å². The number of halogens is 1. The van der Waals surface area contributed by atoms with Gasteiger partial charge in [0.05, 0.1) is 72.9 Å². The number of aryl methyl sites for hydroxylation is 1. The van der Waals surface area contributed by atoms with Gasteiger partial charge in [-0.1, -0.05) is 129 Å². The van der Waals surface area contributed by atoms with Gasteiger partial charge in [-0.3, -0.25) is 48.9 Å². The molecule has 5 aromatic heterocycles. The van der Waals surface area contributed by atoms with E-state index in [2.05, 4.69) is 115 Å². The molecular formula is C86H101FN10O7. The molecule has 10 rings (SSSR count). The Morgan fingerprint density at radius 3 is 1.03 bits per heavy atom. The third kappa shape index (κ3) is 25.8. The predicted octanol–water partition coefficient (Wildman–Crippen LogP) is 13.9. The standard InChI is InChI=1S/C19H24N2O.2C17H20N2O2.C17H20N2O.C16H17FN2O/c1-13(2)16-7-5-6-8-17(16)18-10-9-15(12-21-18)11-19(20-4)14(3)22;1-12(20)17(18-2)9-13-7-8-16(19-11-13)14-5-4-6-15(10-14)21-3;1-12(20)16(18-2)10-13-8-9-15(19-11-13)14-6-4-5-7-17(14)21-3;1-12-5-4-6-15(9-12)16-8-7-14(11-19-16)10-17(18-3)13(2)20;1-11(20)16(18-2)9-12-7-8-15(19-10-12)13-5-3-4-6-14(13)17/h5-10,12-13,19-20H,11H2,1-4H3;4-8,10-11,17-18H,9H2,1-3H3;4-9,11,16,18H,10H2,1-3H3;4-9,11,17-18H,10H2,1-3H3;3-8,10,16,18H,9H2,1-2H3/t19-;17-;16-;17-;16-/m00000/s1. The molecule has 0 fully saturated rings. The van der Waals surface area contributed by atoms with Crippen LogP contribution in [0.2, 0.25) is 0 Å². The quantitative estimate of drug-likeness (QED) is 0.0307. The summed E-state index contributed by atoms with van der Waals surface area (Å²) in [7, 11) is 12.3. The number of hydrogen-bond donors (Lipinski definition) is 5. The van der Waals surface area contributed by atoms with Gasteiger partial charge < -0.3 is 36.1 Å². The van der Waals surface area contributed by atoms with E-state index in [0.717, 1.165) is 78.8 Å². The lowest BCUT2D eigenvalue weighted by atomic mass is 9.95. The largest absolute Gasteiger partial charge is 0.497 e. The average Bonchev–Trinajstić information content (AvgIpc) is 0.840. The highest BCUT2D eigenvalue weighted by Gasteiger charge is 2.19. The zero-order chi connectivity index (χ0) is 75.7. The Morgan fingerprint density at radius 1 is 0.365 bits per heavy atom. The zero-order valence-corrected chi connectivity index (χ0v) is 62.7. The maximum Gasteiger partial charge on any atom is 0.147 e. The van der Waals surface area contributed by atoms with Crippen molar-refractivity contribution in [3.05, 3.63) is 258 Å². The van der Waals surface area contributed by atoms with Crippen molar-refractivity contribution in [1.82, 2.24) is 51.5 Å². The predicted molar refractivity (Wildman–Crippen MR) is 416 cm³/mol. The first-order valence-electron chi connectivity index (χ1n) is 34.9. The number of pyridine rings is 5. The molecule has 0 saturated carbocycles. The van der Waals surface area contributed by atoms with E-state index in [1.165, 1.54) is 22.8 Å². The van der Waals surface area contributed by atoms with E-state index in [-0.39, 0.29) is 64.9 Å². The molecule has 544 valence electrons. The first-order valence-corrected chi connectivity index (χ1v) is 34.9. The van der Waals surface area contributed by atoms with Gasteiger partial charge in [-0.15, -0.1) is 0 Å². The van der Waals surface area contributed by atoms with E-state index in [0.29, 0.717) is 49.3 Å². The first kappa shape index (κ1) is 82.5. The number of ketones is 5. The number of rotatable bonds is 28. The average molecular weight is 1410 g/mol. The molecule has 5 atom stereocenters. The lowest BCUT2D eigenvalue weighted by Crippen LogP contribution is -2.34. The second-order valence-corrected chi connectivity index (χ2v) is 25.6. The topological polar surface area (TPSA) is 228 Å². The molecule has 17 nitrogen and oxygen atoms in total. The van der Waals surface area contributed by atoms with Crippen molar-refractivity contribution in [2.75, 3.05) is 49.5 Å². The van der Waals surface area contributed by atoms with Gasteiger partial charge in [-0.05, 0) is 221 Å². The molecule has 0 aliphatic heterocycles. The van der Waals surface area contributed by atoms with Crippen LogP contribution in [-0.2, 0) is 56.1 Å². The summed E-state index contributed by atoms with van der Waals surface area (Å²) >= 11 is 0. The summed E-state index contributed by atoms with van der Waals surface area (Å²) in [6.45, 7) is 14.4. The minimum atomic E-state index is -0.287. The molecule has 0 spiro atoms. The van der Waals surface area contributed by atoms with Crippen LogP contribution in [0.1, 0.15) is 93.3 Å². The van der Waals surface area contributed by atoms with Crippen molar-refractivity contribution in [2.24, 2.45) is 0 Å². The van der Waals surface area contributed by atoms with Crippen LogP contribution < -0.4 is 36.1 Å². The minimum absolute atomic E-state index is 0.0886. The second-order valence-electron chi connectivity index (χ2n) is 25.6. The number of carbonyl (C=O) groups excluding carboxylic acids is 5. The Bertz CT molecular complexity index is 4330. The molecule has 0 aliphatic rings. The first-order chi connectivity index (χ1) is 50.0. The smallest absolute Gasteiger partial charge is 0.147 e. The highest BCUT2D eigenvalue weighted by molar-refractivity contribution is 5.84. The lowest BCUT2D eigenvalue weighted by Gasteiger charge is -2.14. The number of aromatic nitrogens is 5. The number of ether oxygens (including phenoxy) is 2. The van der Waals surface area contributed by atoms with Gasteiger partial charge in [0.2, 0.25) is 0 Å². The molecule has 18 heteroatoms. The molecule has 0 amide bonds. The summed E-state index contributed by atoms with van der Waals surface area (Å²) in [5.74, 6) is 2.44. The summed E-state index contributed by atoms with van der Waals surface area (Å²) in [4.78, 5) is 79.5. The van der Waals surface area contributed by atoms with Crippen molar-refractivity contribution in [3.63, 3.8) is 0 Å². The highest BCUT2D eigenvalue weighted by atomic mass is 19.1. The fourth-order valence-electron chi connectivity index (χ4n) is 11.3. The Morgan fingerprint density at radius 2 is 0.692 bits per heavy atom. The van der Waals surface area contributed by atoms with E-state index in [1.807, 2.05) is 141 Å². The van der Waals surface area contributed by atoms with E-state index < -0.39 is 0 Å². The van der Waals surface area contributed by atoms with Crippen molar-refractivity contribution in [2.45, 2.75) is 124 Å². The number of benzene rings is 5. The number of methoxy groups -OCH3 is 2.